The number of carboxylic acid groups (broad SMARTS) is 1. The molecule has 0 saturated heterocycles. The number of hydrogen-bond donors (Lipinski definition) is 4. The number of carboxylic acids is 1. The molecule has 2 amide bonds. The van der Waals surface area contributed by atoms with E-state index in [1.807, 2.05) is 0 Å². The third-order valence-corrected chi connectivity index (χ3v) is 3.10. The van der Waals surface area contributed by atoms with Crippen LogP contribution in [0.1, 0.15) is 24.8 Å². The number of benzene rings is 1. The van der Waals surface area contributed by atoms with Crippen LogP contribution in [0, 0.1) is 0 Å². The summed E-state index contributed by atoms with van der Waals surface area (Å²) in [7, 11) is 0. The number of rotatable bonds is 8. The van der Waals surface area contributed by atoms with Crippen molar-refractivity contribution in [2.24, 2.45) is 5.73 Å². The molecule has 1 aromatic carbocycles. The number of nitrogens with two attached hydrogens (primary N) is 1. The Morgan fingerprint density at radius 3 is 2.36 bits per heavy atom. The lowest BCUT2D eigenvalue weighted by molar-refractivity contribution is -0.186. The van der Waals surface area contributed by atoms with Crippen molar-refractivity contribution in [2.75, 3.05) is 0 Å². The molecule has 0 saturated carbocycles. The number of phenolic OH excluding ortho intramolecular Hbond substituents is 1. The van der Waals surface area contributed by atoms with Crippen molar-refractivity contribution in [3.05, 3.63) is 29.8 Å². The Balaban J connectivity index is 2.63. The maximum Gasteiger partial charge on any atom is 0.329 e. The molecule has 0 heterocycles. The van der Waals surface area contributed by atoms with Gasteiger partial charge in [0.1, 0.15) is 5.75 Å². The summed E-state index contributed by atoms with van der Waals surface area (Å²) in [5.41, 5.74) is 5.43. The molecule has 0 aliphatic heterocycles. The molecule has 22 heavy (non-hydrogen) atoms. The maximum atomic E-state index is 11.8. The van der Waals surface area contributed by atoms with Gasteiger partial charge in [-0.15, -0.1) is 0 Å². The van der Waals surface area contributed by atoms with Gasteiger partial charge in [0.25, 0.3) is 0 Å². The summed E-state index contributed by atoms with van der Waals surface area (Å²) in [4.78, 5) is 33.6. The first-order valence-electron chi connectivity index (χ1n) is 6.62. The van der Waals surface area contributed by atoms with Gasteiger partial charge in [0.05, 0.1) is 0 Å². The van der Waals surface area contributed by atoms with Crippen LogP contribution >= 0.6 is 0 Å². The van der Waals surface area contributed by atoms with E-state index in [9.17, 15) is 24.7 Å². The fraction of sp³-hybridized carbons (Fsp3) is 0.357. The lowest BCUT2D eigenvalue weighted by atomic mass is 10.1. The number of aromatic hydroxyl groups is 1. The molecule has 120 valence electrons. The zero-order valence-corrected chi connectivity index (χ0v) is 11.8. The number of hydroxylamine groups is 2. The summed E-state index contributed by atoms with van der Waals surface area (Å²) < 4.78 is 0. The van der Waals surface area contributed by atoms with E-state index in [1.54, 1.807) is 18.2 Å². The molecular weight excluding hydrogens is 292 g/mol. The fourth-order valence-corrected chi connectivity index (χ4v) is 1.88. The molecule has 0 bridgehead atoms. The standard InChI is InChI=1S/C14H18N2O6/c15-12(18)7-6-10(14(20)21)16(22)13(19)8-5-9-3-1-2-4-11(9)17/h1-4,10,17,22H,5-8H2,(H2,15,18)(H,20,21). The Bertz CT molecular complexity index is 560. The molecule has 0 radical (unpaired) electrons. The van der Waals surface area contributed by atoms with Crippen LogP contribution in [0.4, 0.5) is 0 Å². The highest BCUT2D eigenvalue weighted by molar-refractivity contribution is 5.83. The molecule has 1 atom stereocenters. The monoisotopic (exact) mass is 310 g/mol. The van der Waals surface area contributed by atoms with Crippen molar-refractivity contribution in [3.63, 3.8) is 0 Å². The first kappa shape index (κ1) is 17.4. The van der Waals surface area contributed by atoms with Gasteiger partial charge in [-0.05, 0) is 24.5 Å². The second-order valence-electron chi connectivity index (χ2n) is 4.73. The van der Waals surface area contributed by atoms with E-state index >= 15 is 0 Å². The van der Waals surface area contributed by atoms with Crippen molar-refractivity contribution in [2.45, 2.75) is 31.7 Å². The minimum atomic E-state index is -1.54. The summed E-state index contributed by atoms with van der Waals surface area (Å²) >= 11 is 0. The van der Waals surface area contributed by atoms with Gasteiger partial charge in [-0.3, -0.25) is 14.8 Å². The number of phenols is 1. The Morgan fingerprint density at radius 2 is 1.82 bits per heavy atom. The van der Waals surface area contributed by atoms with E-state index in [0.29, 0.717) is 5.56 Å². The number of para-hydroxylation sites is 1. The highest BCUT2D eigenvalue weighted by atomic mass is 16.5. The molecule has 5 N–H and O–H groups in total. The second-order valence-corrected chi connectivity index (χ2v) is 4.73. The van der Waals surface area contributed by atoms with E-state index in [1.165, 1.54) is 6.07 Å². The van der Waals surface area contributed by atoms with Gasteiger partial charge in [0, 0.05) is 12.8 Å². The van der Waals surface area contributed by atoms with E-state index in [4.69, 9.17) is 10.8 Å². The Hall–Kier alpha value is -2.61. The summed E-state index contributed by atoms with van der Waals surface area (Å²) in [6.07, 6.45) is -0.580. The van der Waals surface area contributed by atoms with Crippen molar-refractivity contribution in [1.82, 2.24) is 5.06 Å². The molecule has 0 aliphatic rings. The molecule has 0 aliphatic carbocycles. The number of primary amides is 1. The third-order valence-electron chi connectivity index (χ3n) is 3.10. The van der Waals surface area contributed by atoms with Crippen molar-refractivity contribution < 1.29 is 29.8 Å². The van der Waals surface area contributed by atoms with Crippen LogP contribution in [0.2, 0.25) is 0 Å². The van der Waals surface area contributed by atoms with Crippen LogP contribution in [-0.2, 0) is 20.8 Å². The summed E-state index contributed by atoms with van der Waals surface area (Å²) in [5, 5.41) is 28.4. The normalized spacial score (nSPS) is 11.7. The second kappa shape index (κ2) is 7.99. The van der Waals surface area contributed by atoms with Crippen molar-refractivity contribution >= 4 is 17.8 Å². The Kier molecular flexibility index (Phi) is 6.33. The fourth-order valence-electron chi connectivity index (χ4n) is 1.88. The molecule has 1 unspecified atom stereocenters. The Morgan fingerprint density at radius 1 is 1.18 bits per heavy atom. The molecule has 1 rings (SSSR count). The highest BCUT2D eigenvalue weighted by Gasteiger charge is 2.28. The molecular formula is C14H18N2O6. The molecule has 8 nitrogen and oxygen atoms in total. The third kappa shape index (κ3) is 5.06. The first-order chi connectivity index (χ1) is 10.3. The zero-order chi connectivity index (χ0) is 16.7. The van der Waals surface area contributed by atoms with E-state index in [-0.39, 0.29) is 36.5 Å². The maximum absolute atomic E-state index is 11.8. The van der Waals surface area contributed by atoms with E-state index in [2.05, 4.69) is 0 Å². The predicted octanol–water partition coefficient (Wildman–Crippen LogP) is 0.261. The van der Waals surface area contributed by atoms with E-state index in [0.717, 1.165) is 0 Å². The van der Waals surface area contributed by atoms with Crippen LogP contribution in [0.25, 0.3) is 0 Å². The summed E-state index contributed by atoms with van der Waals surface area (Å²) in [6, 6.07) is 4.85. The van der Waals surface area contributed by atoms with Gasteiger partial charge in [-0.2, -0.15) is 0 Å². The molecule has 8 heteroatoms. The van der Waals surface area contributed by atoms with Crippen LogP contribution in [0.3, 0.4) is 0 Å². The number of carbonyl (C=O) groups excluding carboxylic acids is 2. The van der Waals surface area contributed by atoms with Gasteiger partial charge >= 0.3 is 5.97 Å². The van der Waals surface area contributed by atoms with Crippen molar-refractivity contribution in [3.8, 4) is 5.75 Å². The van der Waals surface area contributed by atoms with E-state index < -0.39 is 23.8 Å². The minimum Gasteiger partial charge on any atom is -0.508 e. The number of aliphatic carboxylic acids is 1. The van der Waals surface area contributed by atoms with Gasteiger partial charge in [0.2, 0.25) is 11.8 Å². The topological polar surface area (TPSA) is 141 Å². The summed E-state index contributed by atoms with van der Waals surface area (Å²) in [6.45, 7) is 0. The Labute approximate surface area is 126 Å². The quantitative estimate of drug-likeness (QED) is 0.401. The van der Waals surface area contributed by atoms with Crippen LogP contribution in [-0.4, -0.2) is 44.3 Å². The van der Waals surface area contributed by atoms with Crippen LogP contribution in [0.5, 0.6) is 5.75 Å². The lowest BCUT2D eigenvalue weighted by Crippen LogP contribution is -2.43. The van der Waals surface area contributed by atoms with Gasteiger partial charge in [-0.25, -0.2) is 9.86 Å². The van der Waals surface area contributed by atoms with Crippen molar-refractivity contribution in [1.29, 1.82) is 0 Å². The van der Waals surface area contributed by atoms with Gasteiger partial charge < -0.3 is 15.9 Å². The van der Waals surface area contributed by atoms with Crippen LogP contribution in [0.15, 0.2) is 24.3 Å². The van der Waals surface area contributed by atoms with Crippen LogP contribution < -0.4 is 5.73 Å². The number of nitrogens with zero attached hydrogens (tertiary/aromatic N) is 1. The lowest BCUT2D eigenvalue weighted by Gasteiger charge is -2.22. The SMILES string of the molecule is NC(=O)CCC(C(=O)O)N(O)C(=O)CCc1ccccc1O. The van der Waals surface area contributed by atoms with Gasteiger partial charge in [0.15, 0.2) is 6.04 Å². The van der Waals surface area contributed by atoms with Gasteiger partial charge in [-0.1, -0.05) is 18.2 Å². The zero-order valence-electron chi connectivity index (χ0n) is 11.8. The number of carbonyl (C=O) groups is 3. The molecule has 0 aromatic heterocycles. The number of hydrogen-bond acceptors (Lipinski definition) is 5. The number of aryl methyl sites for hydroxylation is 1. The smallest absolute Gasteiger partial charge is 0.329 e. The minimum absolute atomic E-state index is 0.0169. The molecule has 0 fully saturated rings. The average molecular weight is 310 g/mol. The first-order valence-corrected chi connectivity index (χ1v) is 6.62. The average Bonchev–Trinajstić information content (AvgIpc) is 2.45. The summed E-state index contributed by atoms with van der Waals surface area (Å²) in [5.74, 6) is -2.95. The molecule has 0 spiro atoms. The predicted molar refractivity (Wildman–Crippen MR) is 74.9 cm³/mol. The molecule has 1 aromatic rings. The number of amides is 2. The largest absolute Gasteiger partial charge is 0.508 e. The highest BCUT2D eigenvalue weighted by Crippen LogP contribution is 2.18.